The number of aromatic nitrogens is 1. The summed E-state index contributed by atoms with van der Waals surface area (Å²) in [7, 11) is 0. The van der Waals surface area contributed by atoms with Crippen LogP contribution in [-0.4, -0.2) is 28.4 Å². The average molecular weight is 434 g/mol. The second-order valence-corrected chi connectivity index (χ2v) is 7.98. The smallest absolute Gasteiger partial charge is 0.303 e. The second-order valence-electron chi connectivity index (χ2n) is 7.98. The average Bonchev–Trinajstić information content (AvgIpc) is 3.29. The zero-order chi connectivity index (χ0) is 22.6. The number of carboxylic acids is 1. The van der Waals surface area contributed by atoms with Crippen LogP contribution < -0.4 is 4.74 Å². The Labute approximate surface area is 189 Å². The van der Waals surface area contributed by atoms with E-state index in [1.807, 2.05) is 30.3 Å². The van der Waals surface area contributed by atoms with Crippen LogP contribution in [0, 0.1) is 0 Å². The van der Waals surface area contributed by atoms with Crippen molar-refractivity contribution in [3.63, 3.8) is 0 Å². The number of Topliss-reactive ketones (excluding diaryl/α,β-unsaturated/α-hetero) is 1. The molecule has 5 heteroatoms. The molecule has 3 rings (SSSR count). The molecule has 0 fully saturated rings. The molecule has 3 aromatic rings. The van der Waals surface area contributed by atoms with Gasteiger partial charge >= 0.3 is 5.97 Å². The zero-order valence-corrected chi connectivity index (χ0v) is 18.4. The Kier molecular flexibility index (Phi) is 9.11. The van der Waals surface area contributed by atoms with Gasteiger partial charge in [0.05, 0.1) is 13.0 Å². The summed E-state index contributed by atoms with van der Waals surface area (Å²) in [5.41, 5.74) is 3.76. The maximum absolute atomic E-state index is 12.5. The standard InChI is InChI=1S/C27H31NO4/c29-26(24-18-19-28-25(24)15-17-27(30)31)16-12-22-10-13-23(14-11-22)32-20-6-2-5-9-21-7-3-1-4-8-21/h1,3-4,7-8,10-11,13-14,18-19,28H,2,5-6,9,12,15-17,20H2,(H,30,31). The summed E-state index contributed by atoms with van der Waals surface area (Å²) in [6, 6.07) is 20.2. The van der Waals surface area contributed by atoms with Crippen LogP contribution in [0.5, 0.6) is 5.75 Å². The van der Waals surface area contributed by atoms with Crippen molar-refractivity contribution in [3.8, 4) is 5.75 Å². The van der Waals surface area contributed by atoms with Gasteiger partial charge in [-0.2, -0.15) is 0 Å². The van der Waals surface area contributed by atoms with Gasteiger partial charge < -0.3 is 14.8 Å². The van der Waals surface area contributed by atoms with Crippen molar-refractivity contribution in [2.75, 3.05) is 6.61 Å². The molecule has 0 amide bonds. The molecule has 0 saturated carbocycles. The highest BCUT2D eigenvalue weighted by atomic mass is 16.5. The highest BCUT2D eigenvalue weighted by Gasteiger charge is 2.13. The maximum atomic E-state index is 12.5. The van der Waals surface area contributed by atoms with E-state index in [1.54, 1.807) is 12.3 Å². The number of nitrogens with one attached hydrogen (secondary N) is 1. The number of ether oxygens (including phenoxy) is 1. The van der Waals surface area contributed by atoms with E-state index in [-0.39, 0.29) is 12.2 Å². The molecule has 0 aliphatic heterocycles. The Morgan fingerprint density at radius 1 is 0.781 bits per heavy atom. The van der Waals surface area contributed by atoms with E-state index in [1.165, 1.54) is 12.0 Å². The van der Waals surface area contributed by atoms with Crippen molar-refractivity contribution in [2.45, 2.75) is 51.4 Å². The van der Waals surface area contributed by atoms with Gasteiger partial charge in [-0.3, -0.25) is 9.59 Å². The first-order valence-electron chi connectivity index (χ1n) is 11.3. The van der Waals surface area contributed by atoms with Crippen molar-refractivity contribution in [1.82, 2.24) is 4.98 Å². The lowest BCUT2D eigenvalue weighted by molar-refractivity contribution is -0.136. The van der Waals surface area contributed by atoms with E-state index in [2.05, 4.69) is 29.2 Å². The van der Waals surface area contributed by atoms with E-state index < -0.39 is 5.97 Å². The minimum atomic E-state index is -0.868. The normalized spacial score (nSPS) is 10.8. The summed E-state index contributed by atoms with van der Waals surface area (Å²) in [6.07, 6.45) is 7.52. The first-order chi connectivity index (χ1) is 15.6. The number of aliphatic carboxylic acids is 1. The fraction of sp³-hybridized carbons (Fsp3) is 0.333. The van der Waals surface area contributed by atoms with Crippen molar-refractivity contribution < 1.29 is 19.4 Å². The Bertz CT molecular complexity index is 976. The van der Waals surface area contributed by atoms with Gasteiger partial charge in [0.25, 0.3) is 0 Å². The fourth-order valence-corrected chi connectivity index (χ4v) is 3.69. The van der Waals surface area contributed by atoms with Gasteiger partial charge in [0.1, 0.15) is 5.75 Å². The predicted octanol–water partition coefficient (Wildman–Crippen LogP) is 5.64. The summed E-state index contributed by atoms with van der Waals surface area (Å²) in [6.45, 7) is 0.708. The van der Waals surface area contributed by atoms with E-state index in [9.17, 15) is 9.59 Å². The quantitative estimate of drug-likeness (QED) is 0.255. The van der Waals surface area contributed by atoms with Gasteiger partial charge in [0, 0.05) is 23.9 Å². The van der Waals surface area contributed by atoms with E-state index in [0.717, 1.165) is 30.6 Å². The molecule has 2 N–H and O–H groups in total. The first-order valence-corrected chi connectivity index (χ1v) is 11.3. The van der Waals surface area contributed by atoms with Crippen molar-refractivity contribution in [2.24, 2.45) is 0 Å². The molecule has 0 aliphatic rings. The Hall–Kier alpha value is -3.34. The Morgan fingerprint density at radius 2 is 1.53 bits per heavy atom. The minimum Gasteiger partial charge on any atom is -0.494 e. The Morgan fingerprint density at radius 3 is 2.28 bits per heavy atom. The molecule has 0 saturated heterocycles. The van der Waals surface area contributed by atoms with E-state index in [0.29, 0.717) is 37.1 Å². The summed E-state index contributed by atoms with van der Waals surface area (Å²) in [5, 5.41) is 8.84. The number of rotatable bonds is 14. The van der Waals surface area contributed by atoms with Crippen LogP contribution in [0.1, 0.15) is 59.3 Å². The van der Waals surface area contributed by atoms with Gasteiger partial charge in [0.2, 0.25) is 0 Å². The number of aromatic amines is 1. The molecule has 2 aromatic carbocycles. The topological polar surface area (TPSA) is 79.4 Å². The van der Waals surface area contributed by atoms with Crippen molar-refractivity contribution in [3.05, 3.63) is 89.2 Å². The third kappa shape index (κ3) is 7.73. The van der Waals surface area contributed by atoms with Crippen molar-refractivity contribution in [1.29, 1.82) is 0 Å². The molecule has 0 aliphatic carbocycles. The van der Waals surface area contributed by atoms with E-state index in [4.69, 9.17) is 9.84 Å². The summed E-state index contributed by atoms with van der Waals surface area (Å²) in [4.78, 5) is 26.3. The molecule has 0 spiro atoms. The lowest BCUT2D eigenvalue weighted by Crippen LogP contribution is -2.06. The molecular weight excluding hydrogens is 402 g/mol. The number of carbonyl (C=O) groups excluding carboxylic acids is 1. The zero-order valence-electron chi connectivity index (χ0n) is 18.4. The number of benzene rings is 2. The third-order valence-corrected chi connectivity index (χ3v) is 5.51. The highest BCUT2D eigenvalue weighted by Crippen LogP contribution is 2.17. The van der Waals surface area contributed by atoms with Gasteiger partial charge in [-0.15, -0.1) is 0 Å². The summed E-state index contributed by atoms with van der Waals surface area (Å²) >= 11 is 0. The SMILES string of the molecule is O=C(O)CCc1[nH]ccc1C(=O)CCc1ccc(OCCCCCc2ccccc2)cc1. The van der Waals surface area contributed by atoms with Crippen LogP contribution in [0.4, 0.5) is 0 Å². The highest BCUT2D eigenvalue weighted by molar-refractivity contribution is 5.97. The summed E-state index contributed by atoms with van der Waals surface area (Å²) in [5.74, 6) is 0.0136. The lowest BCUT2D eigenvalue weighted by atomic mass is 10.0. The van der Waals surface area contributed by atoms with Crippen molar-refractivity contribution >= 4 is 11.8 Å². The van der Waals surface area contributed by atoms with Crippen LogP contribution >= 0.6 is 0 Å². The monoisotopic (exact) mass is 433 g/mol. The first kappa shape index (κ1) is 23.3. The van der Waals surface area contributed by atoms with Crippen LogP contribution in [0.2, 0.25) is 0 Å². The van der Waals surface area contributed by atoms with Gasteiger partial charge in [-0.05, 0) is 67.9 Å². The number of ketones is 1. The van der Waals surface area contributed by atoms with Gasteiger partial charge in [0.15, 0.2) is 5.78 Å². The van der Waals surface area contributed by atoms with Gasteiger partial charge in [-0.25, -0.2) is 0 Å². The number of aryl methyl sites for hydroxylation is 3. The van der Waals surface area contributed by atoms with Crippen LogP contribution in [0.15, 0.2) is 66.9 Å². The molecule has 168 valence electrons. The van der Waals surface area contributed by atoms with Crippen LogP contribution in [0.25, 0.3) is 0 Å². The molecule has 1 aromatic heterocycles. The minimum absolute atomic E-state index is 0.00921. The molecule has 32 heavy (non-hydrogen) atoms. The lowest BCUT2D eigenvalue weighted by Gasteiger charge is -2.08. The Balaban J connectivity index is 1.34. The number of unbranched alkanes of at least 4 members (excludes halogenated alkanes) is 2. The molecule has 5 nitrogen and oxygen atoms in total. The number of hydrogen-bond acceptors (Lipinski definition) is 3. The fourth-order valence-electron chi connectivity index (χ4n) is 3.69. The molecule has 0 atom stereocenters. The van der Waals surface area contributed by atoms with Crippen LogP contribution in [0.3, 0.4) is 0 Å². The second kappa shape index (κ2) is 12.5. The largest absolute Gasteiger partial charge is 0.494 e. The molecule has 0 unspecified atom stereocenters. The third-order valence-electron chi connectivity index (χ3n) is 5.51. The van der Waals surface area contributed by atoms with Crippen LogP contribution in [-0.2, 0) is 24.1 Å². The number of hydrogen-bond donors (Lipinski definition) is 2. The maximum Gasteiger partial charge on any atom is 0.303 e. The van der Waals surface area contributed by atoms with E-state index >= 15 is 0 Å². The molecule has 0 radical (unpaired) electrons. The van der Waals surface area contributed by atoms with Gasteiger partial charge in [-0.1, -0.05) is 42.5 Å². The number of carboxylic acid groups (broad SMARTS) is 1. The molecular formula is C27H31NO4. The predicted molar refractivity (Wildman–Crippen MR) is 125 cm³/mol. The number of carbonyl (C=O) groups is 2. The number of H-pyrrole nitrogens is 1. The summed E-state index contributed by atoms with van der Waals surface area (Å²) < 4.78 is 5.84. The molecule has 1 heterocycles. The molecule has 0 bridgehead atoms.